The van der Waals surface area contributed by atoms with Crippen LogP contribution in [0.1, 0.15) is 64.5 Å². The number of aromatic hydroxyl groups is 3. The van der Waals surface area contributed by atoms with Gasteiger partial charge in [-0.1, -0.05) is 18.2 Å². The smallest absolute Gasteiger partial charge is 0.153 e. The molecule has 0 heterocycles. The summed E-state index contributed by atoms with van der Waals surface area (Å²) in [6, 6.07) is 26.9. The maximum absolute atomic E-state index is 11.5. The van der Waals surface area contributed by atoms with Crippen LogP contribution in [0.2, 0.25) is 0 Å². The number of rotatable bonds is 9. The molecule has 0 saturated carbocycles. The molecule has 6 aromatic carbocycles. The zero-order chi connectivity index (χ0) is 38.1. The van der Waals surface area contributed by atoms with Crippen molar-refractivity contribution in [2.75, 3.05) is 21.3 Å². The Bertz CT molecular complexity index is 2210. The molecule has 0 fully saturated rings. The van der Waals surface area contributed by atoms with Gasteiger partial charge < -0.3 is 29.5 Å². The molecule has 0 aliphatic heterocycles. The van der Waals surface area contributed by atoms with E-state index in [-0.39, 0.29) is 33.9 Å². The number of fused-ring (bicyclic) bond motifs is 3. The first-order valence-corrected chi connectivity index (χ1v) is 17.1. The molecule has 0 atom stereocenters. The van der Waals surface area contributed by atoms with Crippen molar-refractivity contribution in [3.8, 4) is 67.9 Å². The summed E-state index contributed by atoms with van der Waals surface area (Å²) in [4.78, 5) is 34.4. The van der Waals surface area contributed by atoms with Crippen LogP contribution in [0, 0.1) is 0 Å². The van der Waals surface area contributed by atoms with Crippen molar-refractivity contribution in [2.24, 2.45) is 0 Å². The fraction of sp³-hybridized carbons (Fsp3) is 0.133. The summed E-state index contributed by atoms with van der Waals surface area (Å²) in [5, 5.41) is 31.8. The molecule has 0 saturated heterocycles. The van der Waals surface area contributed by atoms with Crippen LogP contribution in [0.5, 0.6) is 34.5 Å². The molecule has 1 aliphatic rings. The minimum Gasteiger partial charge on any atom is -0.507 e. The Morgan fingerprint density at radius 3 is 0.889 bits per heavy atom. The molecular weight excluding hydrogens is 684 g/mol. The summed E-state index contributed by atoms with van der Waals surface area (Å²) in [6.07, 6.45) is 3.34. The van der Waals surface area contributed by atoms with Gasteiger partial charge in [-0.3, -0.25) is 14.4 Å². The molecule has 0 bridgehead atoms. The van der Waals surface area contributed by atoms with E-state index in [1.165, 1.54) is 0 Å². The van der Waals surface area contributed by atoms with Gasteiger partial charge >= 0.3 is 0 Å². The zero-order valence-electron chi connectivity index (χ0n) is 29.8. The summed E-state index contributed by atoms with van der Waals surface area (Å²) in [5.74, 6) is 1.36. The molecule has 0 radical (unpaired) electrons. The highest BCUT2D eigenvalue weighted by molar-refractivity contribution is 5.85. The Morgan fingerprint density at radius 2 is 0.667 bits per heavy atom. The van der Waals surface area contributed by atoms with Gasteiger partial charge in [-0.05, 0) is 142 Å². The molecule has 9 heteroatoms. The van der Waals surface area contributed by atoms with Crippen LogP contribution in [0.3, 0.4) is 0 Å². The molecular formula is C45H36O9. The van der Waals surface area contributed by atoms with E-state index in [0.717, 1.165) is 50.1 Å². The molecule has 0 unspecified atom stereocenters. The van der Waals surface area contributed by atoms with Crippen LogP contribution in [0.15, 0.2) is 91.0 Å². The van der Waals surface area contributed by atoms with E-state index in [0.29, 0.717) is 72.1 Å². The van der Waals surface area contributed by atoms with Gasteiger partial charge in [0.05, 0.1) is 38.0 Å². The Morgan fingerprint density at radius 1 is 0.407 bits per heavy atom. The predicted molar refractivity (Wildman–Crippen MR) is 205 cm³/mol. The third-order valence-electron chi connectivity index (χ3n) is 10.1. The molecule has 9 nitrogen and oxygen atoms in total. The Balaban J connectivity index is 1.48. The minimum atomic E-state index is -0.134. The highest BCUT2D eigenvalue weighted by atomic mass is 16.5. The van der Waals surface area contributed by atoms with Crippen molar-refractivity contribution in [2.45, 2.75) is 19.3 Å². The Kier molecular flexibility index (Phi) is 9.63. The number of phenolic OH excluding ortho intramolecular Hbond substituents is 3. The normalized spacial score (nSPS) is 11.8. The van der Waals surface area contributed by atoms with Gasteiger partial charge in [-0.2, -0.15) is 0 Å². The highest BCUT2D eigenvalue weighted by Crippen LogP contribution is 2.43. The number of carbonyl (C=O) groups excluding carboxylic acids is 3. The lowest BCUT2D eigenvalue weighted by Gasteiger charge is -2.18. The number of ether oxygens (including phenoxy) is 3. The Labute approximate surface area is 311 Å². The van der Waals surface area contributed by atoms with Crippen LogP contribution in [-0.4, -0.2) is 55.5 Å². The summed E-state index contributed by atoms with van der Waals surface area (Å²) >= 11 is 0. The van der Waals surface area contributed by atoms with E-state index < -0.39 is 0 Å². The monoisotopic (exact) mass is 720 g/mol. The van der Waals surface area contributed by atoms with Crippen LogP contribution in [0.25, 0.3) is 33.4 Å². The summed E-state index contributed by atoms with van der Waals surface area (Å²) in [6.45, 7) is 0. The standard InChI is InChI=1S/C45H36O9/c1-52-43-19-34-10-32-14-38(26-5-8-29(23-47)41(50)17-26)45(54-3)21-36(32)12-33-15-39(27-6-9-30(24-48)42(51)18-27)44(53-2)20-35(33)11-31(34)13-37(43)25-4-7-28(22-46)40(49)16-25/h4-9,13-24,49-51H,10-12H2,1-3H3. The third kappa shape index (κ3) is 6.52. The van der Waals surface area contributed by atoms with E-state index >= 15 is 0 Å². The molecule has 270 valence electrons. The van der Waals surface area contributed by atoms with Gasteiger partial charge in [0, 0.05) is 16.7 Å². The van der Waals surface area contributed by atoms with Gasteiger partial charge in [0.25, 0.3) is 0 Å². The fourth-order valence-electron chi connectivity index (χ4n) is 7.22. The number of hydrogen-bond acceptors (Lipinski definition) is 9. The number of phenols is 3. The second kappa shape index (κ2) is 14.6. The number of aldehydes is 3. The van der Waals surface area contributed by atoms with E-state index in [9.17, 15) is 29.7 Å². The van der Waals surface area contributed by atoms with Crippen LogP contribution in [-0.2, 0) is 19.3 Å². The zero-order valence-corrected chi connectivity index (χ0v) is 29.8. The van der Waals surface area contributed by atoms with Crippen molar-refractivity contribution >= 4 is 18.9 Å². The molecule has 3 N–H and O–H groups in total. The lowest BCUT2D eigenvalue weighted by molar-refractivity contribution is 0.111. The number of carbonyl (C=O) groups is 3. The summed E-state index contributed by atoms with van der Waals surface area (Å²) < 4.78 is 17.8. The minimum absolute atomic E-state index is 0.134. The van der Waals surface area contributed by atoms with Gasteiger partial charge in [-0.25, -0.2) is 0 Å². The van der Waals surface area contributed by atoms with E-state index in [1.54, 1.807) is 75.9 Å². The van der Waals surface area contributed by atoms with Gasteiger partial charge in [0.1, 0.15) is 34.5 Å². The molecule has 54 heavy (non-hydrogen) atoms. The molecule has 7 rings (SSSR count). The van der Waals surface area contributed by atoms with E-state index in [1.807, 2.05) is 18.2 Å². The van der Waals surface area contributed by atoms with Crippen molar-refractivity contribution in [3.63, 3.8) is 0 Å². The summed E-state index contributed by atoms with van der Waals surface area (Å²) in [7, 11) is 4.77. The van der Waals surface area contributed by atoms with Crippen molar-refractivity contribution in [1.29, 1.82) is 0 Å². The topological polar surface area (TPSA) is 140 Å². The second-order valence-electron chi connectivity index (χ2n) is 13.2. The first-order chi connectivity index (χ1) is 26.2. The van der Waals surface area contributed by atoms with Gasteiger partial charge in [0.2, 0.25) is 0 Å². The number of hydrogen-bond donors (Lipinski definition) is 3. The quantitative estimate of drug-likeness (QED) is 0.126. The maximum Gasteiger partial charge on any atom is 0.153 e. The molecule has 0 aromatic heterocycles. The van der Waals surface area contributed by atoms with Crippen molar-refractivity contribution in [1.82, 2.24) is 0 Å². The third-order valence-corrected chi connectivity index (χ3v) is 10.1. The molecule has 1 aliphatic carbocycles. The highest BCUT2D eigenvalue weighted by Gasteiger charge is 2.23. The average Bonchev–Trinajstić information content (AvgIpc) is 3.24. The maximum atomic E-state index is 11.5. The molecule has 0 amide bonds. The Hall–Kier alpha value is -6.87. The first kappa shape index (κ1) is 35.5. The van der Waals surface area contributed by atoms with Gasteiger partial charge in [-0.15, -0.1) is 0 Å². The second-order valence-corrected chi connectivity index (χ2v) is 13.2. The van der Waals surface area contributed by atoms with Crippen molar-refractivity contribution < 1.29 is 43.9 Å². The SMILES string of the molecule is COc1cc2c(cc1-c1ccc(C=O)c(O)c1)Cc1cc(OC)c(-c3ccc(C=O)c(O)c3)cc1Cc1cc(OC)c(-c3ccc(C=O)c(O)c3)cc1C2. The summed E-state index contributed by atoms with van der Waals surface area (Å²) in [5.41, 5.74) is 10.7. The van der Waals surface area contributed by atoms with E-state index in [4.69, 9.17) is 14.2 Å². The molecule has 6 aromatic rings. The van der Waals surface area contributed by atoms with Crippen LogP contribution < -0.4 is 14.2 Å². The van der Waals surface area contributed by atoms with Crippen LogP contribution >= 0.6 is 0 Å². The average molecular weight is 721 g/mol. The van der Waals surface area contributed by atoms with Gasteiger partial charge in [0.15, 0.2) is 18.9 Å². The lowest BCUT2D eigenvalue weighted by Crippen LogP contribution is -2.02. The largest absolute Gasteiger partial charge is 0.507 e. The first-order valence-electron chi connectivity index (χ1n) is 17.1. The van der Waals surface area contributed by atoms with E-state index in [2.05, 4.69) is 18.2 Å². The predicted octanol–water partition coefficient (Wildman–Crippen LogP) is 8.35. The number of methoxy groups -OCH3 is 3. The fourth-order valence-corrected chi connectivity index (χ4v) is 7.22. The molecule has 0 spiro atoms. The lowest BCUT2D eigenvalue weighted by atomic mass is 9.89. The van der Waals surface area contributed by atoms with Crippen LogP contribution in [0.4, 0.5) is 0 Å². The number of benzene rings is 6. The van der Waals surface area contributed by atoms with Crippen molar-refractivity contribution in [3.05, 3.63) is 141 Å².